The van der Waals surface area contributed by atoms with Gasteiger partial charge in [-0.1, -0.05) is 90.5 Å². The highest BCUT2D eigenvalue weighted by Crippen LogP contribution is 2.43. The third-order valence-corrected chi connectivity index (χ3v) is 7.62. The molecule has 0 aliphatic heterocycles. The smallest absolute Gasteiger partial charge is 0.0784 e. The molecule has 198 valence electrons. The van der Waals surface area contributed by atoms with E-state index < -0.39 is 0 Å². The van der Waals surface area contributed by atoms with Gasteiger partial charge in [-0.3, -0.25) is 0 Å². The van der Waals surface area contributed by atoms with Crippen LogP contribution in [-0.4, -0.2) is 6.04 Å². The van der Waals surface area contributed by atoms with Crippen molar-refractivity contribution in [2.75, 3.05) is 15.5 Å². The Morgan fingerprint density at radius 3 is 1.57 bits per heavy atom. The minimum Gasteiger partial charge on any atom is -0.361 e. The molecule has 2 aliphatic rings. The molecule has 4 aromatic rings. The van der Waals surface area contributed by atoms with Crippen molar-refractivity contribution in [2.45, 2.75) is 31.7 Å². The Labute approximate surface area is 237 Å². The first-order valence-electron chi connectivity index (χ1n) is 14.2. The molecule has 1 unspecified atom stereocenters. The summed E-state index contributed by atoms with van der Waals surface area (Å²) in [7, 11) is 0. The molecule has 1 saturated carbocycles. The fourth-order valence-electron chi connectivity index (χ4n) is 5.70. The zero-order valence-corrected chi connectivity index (χ0v) is 22.7. The minimum atomic E-state index is 0.0654. The molecule has 1 fully saturated rings. The molecule has 0 heterocycles. The number of benzene rings is 4. The number of rotatable bonds is 7. The number of para-hydroxylation sites is 4. The van der Waals surface area contributed by atoms with Gasteiger partial charge < -0.3 is 15.5 Å². The second-order valence-electron chi connectivity index (χ2n) is 10.2. The Balaban J connectivity index is 1.50. The Bertz CT molecular complexity index is 1470. The van der Waals surface area contributed by atoms with E-state index in [2.05, 4.69) is 155 Å². The predicted octanol–water partition coefficient (Wildman–Crippen LogP) is 9.63. The van der Waals surface area contributed by atoms with E-state index in [1.54, 1.807) is 5.57 Å². The van der Waals surface area contributed by atoms with Gasteiger partial charge in [-0.15, -0.1) is 0 Å². The van der Waals surface area contributed by atoms with Gasteiger partial charge >= 0.3 is 0 Å². The van der Waals surface area contributed by atoms with Crippen LogP contribution < -0.4 is 15.5 Å². The minimum absolute atomic E-state index is 0.0654. The molecule has 0 radical (unpaired) electrons. The van der Waals surface area contributed by atoms with Crippen molar-refractivity contribution in [1.29, 1.82) is 0 Å². The molecular weight excluding hydrogens is 486 g/mol. The lowest BCUT2D eigenvalue weighted by Crippen LogP contribution is -2.35. The molecule has 6 rings (SSSR count). The van der Waals surface area contributed by atoms with Gasteiger partial charge in [0.05, 0.1) is 6.04 Å². The largest absolute Gasteiger partial charge is 0.361 e. The second-order valence-corrected chi connectivity index (χ2v) is 10.2. The van der Waals surface area contributed by atoms with Gasteiger partial charge in [-0.2, -0.15) is 0 Å². The normalized spacial score (nSPS) is 18.8. The first kappa shape index (κ1) is 25.5. The summed E-state index contributed by atoms with van der Waals surface area (Å²) in [6.45, 7) is 0. The maximum absolute atomic E-state index is 3.62. The summed E-state index contributed by atoms with van der Waals surface area (Å²) >= 11 is 0. The van der Waals surface area contributed by atoms with Crippen LogP contribution in [0.1, 0.15) is 25.7 Å². The lowest BCUT2D eigenvalue weighted by molar-refractivity contribution is 0.855. The molecular formula is C37H35N3. The molecule has 0 saturated heterocycles. The van der Waals surface area contributed by atoms with Gasteiger partial charge in [-0.25, -0.2) is 0 Å². The maximum Gasteiger partial charge on any atom is 0.0784 e. The standard InChI is InChI=1S/C37H35N3/c1-5-17-31(18-6-1)38-27-30-25-26-36(40(33-21-9-3-10-22-33)34-23-11-4-12-24-34)37(29-15-13-14-16-29)35(30)28-39-32-19-7-2-8-20-32/h1-12,17-28,36,38-39H,13-16H2. The lowest BCUT2D eigenvalue weighted by Gasteiger charge is -2.38. The van der Waals surface area contributed by atoms with Gasteiger partial charge in [0.2, 0.25) is 0 Å². The molecule has 3 nitrogen and oxygen atoms in total. The molecule has 0 bridgehead atoms. The van der Waals surface area contributed by atoms with Crippen molar-refractivity contribution in [2.24, 2.45) is 0 Å². The van der Waals surface area contributed by atoms with Gasteiger partial charge in [0, 0.05) is 40.7 Å². The van der Waals surface area contributed by atoms with Crippen molar-refractivity contribution in [3.63, 3.8) is 0 Å². The van der Waals surface area contributed by atoms with Crippen LogP contribution in [0.4, 0.5) is 22.7 Å². The van der Waals surface area contributed by atoms with Gasteiger partial charge in [0.1, 0.15) is 0 Å². The average molecular weight is 522 g/mol. The van der Waals surface area contributed by atoms with Crippen LogP contribution in [0.25, 0.3) is 0 Å². The van der Waals surface area contributed by atoms with E-state index in [1.165, 1.54) is 40.9 Å². The summed E-state index contributed by atoms with van der Waals surface area (Å²) < 4.78 is 0. The average Bonchev–Trinajstić information content (AvgIpc) is 3.56. The van der Waals surface area contributed by atoms with Crippen LogP contribution in [0.15, 0.2) is 168 Å². The number of hydrogen-bond donors (Lipinski definition) is 2. The van der Waals surface area contributed by atoms with E-state index in [-0.39, 0.29) is 6.04 Å². The Morgan fingerprint density at radius 2 is 1.05 bits per heavy atom. The molecule has 2 aliphatic carbocycles. The summed E-state index contributed by atoms with van der Waals surface area (Å²) in [5.41, 5.74) is 9.87. The van der Waals surface area contributed by atoms with E-state index in [4.69, 9.17) is 0 Å². The SMILES string of the molecule is C1=CC(N(c2ccccc2)c2ccccc2)C(=C2CCCC2)C(=CNc2ccccc2)C1=CNc1ccccc1. The number of anilines is 4. The zero-order chi connectivity index (χ0) is 27.0. The second kappa shape index (κ2) is 12.4. The Hall–Kier alpha value is -4.76. The highest BCUT2D eigenvalue weighted by molar-refractivity contribution is 5.73. The van der Waals surface area contributed by atoms with Gasteiger partial charge in [0.25, 0.3) is 0 Å². The Morgan fingerprint density at radius 1 is 0.575 bits per heavy atom. The van der Waals surface area contributed by atoms with E-state index in [1.807, 2.05) is 6.07 Å². The van der Waals surface area contributed by atoms with Crippen molar-refractivity contribution < 1.29 is 0 Å². The first-order valence-corrected chi connectivity index (χ1v) is 14.2. The van der Waals surface area contributed by atoms with Crippen LogP contribution >= 0.6 is 0 Å². The number of hydrogen-bond acceptors (Lipinski definition) is 3. The van der Waals surface area contributed by atoms with Crippen LogP contribution in [0.3, 0.4) is 0 Å². The fourth-order valence-corrected chi connectivity index (χ4v) is 5.70. The van der Waals surface area contributed by atoms with E-state index in [9.17, 15) is 0 Å². The highest BCUT2D eigenvalue weighted by atomic mass is 15.2. The molecule has 4 aromatic carbocycles. The van der Waals surface area contributed by atoms with Crippen LogP contribution in [0.2, 0.25) is 0 Å². The quantitative estimate of drug-likeness (QED) is 0.253. The maximum atomic E-state index is 3.62. The Kier molecular flexibility index (Phi) is 7.91. The topological polar surface area (TPSA) is 27.3 Å². The van der Waals surface area contributed by atoms with Gasteiger partial charge in [0.15, 0.2) is 0 Å². The first-order chi connectivity index (χ1) is 19.9. The summed E-state index contributed by atoms with van der Waals surface area (Å²) in [4.78, 5) is 2.48. The van der Waals surface area contributed by atoms with Crippen LogP contribution in [0, 0.1) is 0 Å². The van der Waals surface area contributed by atoms with Crippen molar-refractivity contribution in [3.8, 4) is 0 Å². The number of allylic oxidation sites excluding steroid dienone is 3. The summed E-state index contributed by atoms with van der Waals surface area (Å²) in [6, 6.07) is 42.4. The van der Waals surface area contributed by atoms with Crippen LogP contribution in [-0.2, 0) is 0 Å². The molecule has 3 heteroatoms. The summed E-state index contributed by atoms with van der Waals surface area (Å²) in [5, 5.41) is 7.16. The predicted molar refractivity (Wildman–Crippen MR) is 170 cm³/mol. The van der Waals surface area contributed by atoms with Crippen LogP contribution in [0.5, 0.6) is 0 Å². The zero-order valence-electron chi connectivity index (χ0n) is 22.7. The monoisotopic (exact) mass is 521 g/mol. The van der Waals surface area contributed by atoms with Crippen molar-refractivity contribution in [3.05, 3.63) is 168 Å². The van der Waals surface area contributed by atoms with E-state index in [0.29, 0.717) is 0 Å². The molecule has 0 amide bonds. The highest BCUT2D eigenvalue weighted by Gasteiger charge is 2.32. The van der Waals surface area contributed by atoms with E-state index in [0.717, 1.165) is 24.2 Å². The third kappa shape index (κ3) is 5.79. The van der Waals surface area contributed by atoms with Crippen molar-refractivity contribution in [1.82, 2.24) is 0 Å². The summed E-state index contributed by atoms with van der Waals surface area (Å²) in [5.74, 6) is 0. The lowest BCUT2D eigenvalue weighted by atomic mass is 9.82. The molecule has 2 N–H and O–H groups in total. The number of nitrogens with one attached hydrogen (secondary N) is 2. The molecule has 0 spiro atoms. The molecule has 1 atom stereocenters. The molecule has 0 aromatic heterocycles. The van der Waals surface area contributed by atoms with E-state index >= 15 is 0 Å². The summed E-state index contributed by atoms with van der Waals surface area (Å²) in [6.07, 6.45) is 13.8. The number of nitrogens with zero attached hydrogens (tertiary/aromatic N) is 1. The van der Waals surface area contributed by atoms with Crippen molar-refractivity contribution >= 4 is 22.7 Å². The fraction of sp³-hybridized carbons (Fsp3) is 0.135. The third-order valence-electron chi connectivity index (χ3n) is 7.62. The molecule has 40 heavy (non-hydrogen) atoms. The van der Waals surface area contributed by atoms with Gasteiger partial charge in [-0.05, 0) is 85.4 Å².